The second-order valence-electron chi connectivity index (χ2n) is 5.13. The van der Waals surface area contributed by atoms with Gasteiger partial charge in [0.1, 0.15) is 22.2 Å². The molecule has 130 valence electrons. The second-order valence-corrected chi connectivity index (χ2v) is 6.78. The third-order valence-electron chi connectivity index (χ3n) is 3.29. The molecule has 0 aliphatic rings. The minimum Gasteiger partial charge on any atom is -0.495 e. The molecule has 0 amide bonds. The van der Waals surface area contributed by atoms with Crippen LogP contribution in [0.4, 0.5) is 10.1 Å². The van der Waals surface area contributed by atoms with Crippen LogP contribution in [-0.4, -0.2) is 22.1 Å². The predicted molar refractivity (Wildman–Crippen MR) is 90.6 cm³/mol. The van der Waals surface area contributed by atoms with Crippen molar-refractivity contribution in [2.24, 2.45) is 0 Å². The van der Waals surface area contributed by atoms with E-state index in [1.807, 2.05) is 0 Å². The summed E-state index contributed by atoms with van der Waals surface area (Å²) in [5.74, 6) is 0.0778. The summed E-state index contributed by atoms with van der Waals surface area (Å²) >= 11 is 0. The van der Waals surface area contributed by atoms with E-state index in [1.54, 1.807) is 24.3 Å². The molecule has 0 heterocycles. The van der Waals surface area contributed by atoms with Crippen LogP contribution in [0.3, 0.4) is 0 Å². The van der Waals surface area contributed by atoms with E-state index < -0.39 is 15.8 Å². The Kier molecular flexibility index (Phi) is 6.03. The van der Waals surface area contributed by atoms with Crippen molar-refractivity contribution in [1.29, 1.82) is 0 Å². The van der Waals surface area contributed by atoms with E-state index in [9.17, 15) is 12.8 Å². The number of ether oxygens (including phenoxy) is 2. The molecule has 0 aliphatic carbocycles. The van der Waals surface area contributed by atoms with Gasteiger partial charge in [0.25, 0.3) is 10.0 Å². The smallest absolute Gasteiger partial charge is 0.265 e. The summed E-state index contributed by atoms with van der Waals surface area (Å²) in [4.78, 5) is -0.256. The minimum absolute atomic E-state index is 0.0726. The van der Waals surface area contributed by atoms with Gasteiger partial charge in [-0.3, -0.25) is 4.72 Å². The van der Waals surface area contributed by atoms with Crippen LogP contribution < -0.4 is 14.2 Å². The standard InChI is InChI=1S/C17H20FNO4S/c1-3-4-11-23-15-8-6-14(7-9-15)19-24(20,21)17-12-13(18)5-10-16(17)22-2/h5-10,12,19H,3-4,11H2,1-2H3. The van der Waals surface area contributed by atoms with E-state index in [1.165, 1.54) is 13.2 Å². The lowest BCUT2D eigenvalue weighted by Crippen LogP contribution is -2.14. The predicted octanol–water partition coefficient (Wildman–Crippen LogP) is 3.81. The normalized spacial score (nSPS) is 11.1. The Hall–Kier alpha value is -2.28. The van der Waals surface area contributed by atoms with Crippen molar-refractivity contribution in [2.45, 2.75) is 24.7 Å². The molecule has 0 aromatic heterocycles. The Balaban J connectivity index is 2.16. The highest BCUT2D eigenvalue weighted by Crippen LogP contribution is 2.27. The van der Waals surface area contributed by atoms with Crippen LogP contribution in [0.2, 0.25) is 0 Å². The molecule has 0 fully saturated rings. The molecule has 7 heteroatoms. The first-order chi connectivity index (χ1) is 11.5. The van der Waals surface area contributed by atoms with Crippen molar-refractivity contribution >= 4 is 15.7 Å². The number of hydrogen-bond donors (Lipinski definition) is 1. The Bertz CT molecular complexity index is 776. The van der Waals surface area contributed by atoms with Crippen LogP contribution in [0.25, 0.3) is 0 Å². The van der Waals surface area contributed by atoms with Crippen LogP contribution >= 0.6 is 0 Å². The molecule has 24 heavy (non-hydrogen) atoms. The van der Waals surface area contributed by atoms with Crippen molar-refractivity contribution in [3.8, 4) is 11.5 Å². The van der Waals surface area contributed by atoms with E-state index in [4.69, 9.17) is 9.47 Å². The van der Waals surface area contributed by atoms with E-state index in [2.05, 4.69) is 11.6 Å². The summed E-state index contributed by atoms with van der Waals surface area (Å²) in [6.07, 6.45) is 1.99. The van der Waals surface area contributed by atoms with Crippen molar-refractivity contribution < 1.29 is 22.3 Å². The highest BCUT2D eigenvalue weighted by molar-refractivity contribution is 7.92. The number of halogens is 1. The third-order valence-corrected chi connectivity index (χ3v) is 4.69. The van der Waals surface area contributed by atoms with Gasteiger partial charge in [-0.05, 0) is 48.9 Å². The zero-order valence-corrected chi connectivity index (χ0v) is 14.4. The fourth-order valence-corrected chi connectivity index (χ4v) is 3.26. The van der Waals surface area contributed by atoms with Gasteiger partial charge in [0.2, 0.25) is 0 Å². The molecule has 2 aromatic rings. The summed E-state index contributed by atoms with van der Waals surface area (Å²) in [6.45, 7) is 2.68. The van der Waals surface area contributed by atoms with Crippen LogP contribution in [0.5, 0.6) is 11.5 Å². The first kappa shape index (κ1) is 18.1. The largest absolute Gasteiger partial charge is 0.495 e. The minimum atomic E-state index is -3.97. The molecule has 2 rings (SSSR count). The topological polar surface area (TPSA) is 64.6 Å². The summed E-state index contributed by atoms with van der Waals surface area (Å²) < 4.78 is 51.2. The van der Waals surface area contributed by atoms with Gasteiger partial charge >= 0.3 is 0 Å². The Morgan fingerprint density at radius 3 is 2.46 bits per heavy atom. The number of unbranched alkanes of at least 4 members (excludes halogenated alkanes) is 1. The second kappa shape index (κ2) is 8.01. The molecule has 0 aliphatic heterocycles. The number of nitrogens with one attached hydrogen (secondary N) is 1. The van der Waals surface area contributed by atoms with Crippen molar-refractivity contribution in [3.05, 3.63) is 48.3 Å². The van der Waals surface area contributed by atoms with E-state index in [-0.39, 0.29) is 10.6 Å². The van der Waals surface area contributed by atoms with Gasteiger partial charge in [0.05, 0.1) is 13.7 Å². The van der Waals surface area contributed by atoms with E-state index >= 15 is 0 Å². The van der Waals surface area contributed by atoms with Crippen molar-refractivity contribution in [1.82, 2.24) is 0 Å². The van der Waals surface area contributed by atoms with Gasteiger partial charge in [-0.25, -0.2) is 12.8 Å². The quantitative estimate of drug-likeness (QED) is 0.733. The lowest BCUT2D eigenvalue weighted by molar-refractivity contribution is 0.309. The molecule has 5 nitrogen and oxygen atoms in total. The molecule has 0 spiro atoms. The number of hydrogen-bond acceptors (Lipinski definition) is 4. The van der Waals surface area contributed by atoms with Crippen molar-refractivity contribution in [3.63, 3.8) is 0 Å². The van der Waals surface area contributed by atoms with E-state index in [0.717, 1.165) is 25.0 Å². The number of rotatable bonds is 8. The molecule has 1 N–H and O–H groups in total. The average molecular weight is 353 g/mol. The van der Waals surface area contributed by atoms with Crippen LogP contribution in [0.15, 0.2) is 47.4 Å². The molecule has 2 aromatic carbocycles. The fourth-order valence-electron chi connectivity index (χ4n) is 2.02. The number of anilines is 1. The average Bonchev–Trinajstić information content (AvgIpc) is 2.56. The molecular formula is C17H20FNO4S. The number of benzene rings is 2. The zero-order valence-electron chi connectivity index (χ0n) is 13.6. The number of methoxy groups -OCH3 is 1. The monoisotopic (exact) mass is 353 g/mol. The van der Waals surface area contributed by atoms with E-state index in [0.29, 0.717) is 18.0 Å². The first-order valence-electron chi connectivity index (χ1n) is 7.55. The fraction of sp³-hybridized carbons (Fsp3) is 0.294. The zero-order chi connectivity index (χ0) is 17.6. The summed E-state index contributed by atoms with van der Waals surface area (Å²) in [5, 5.41) is 0. The van der Waals surface area contributed by atoms with Crippen molar-refractivity contribution in [2.75, 3.05) is 18.4 Å². The summed E-state index contributed by atoms with van der Waals surface area (Å²) in [7, 11) is -2.64. The van der Waals surface area contributed by atoms with Gasteiger partial charge in [-0.2, -0.15) is 0 Å². The van der Waals surface area contributed by atoms with Gasteiger partial charge < -0.3 is 9.47 Å². The summed E-state index contributed by atoms with van der Waals surface area (Å²) in [6, 6.07) is 9.86. The Labute approximate surface area is 141 Å². The van der Waals surface area contributed by atoms with Gasteiger partial charge in [-0.15, -0.1) is 0 Å². The first-order valence-corrected chi connectivity index (χ1v) is 9.04. The molecule has 0 saturated heterocycles. The van der Waals surface area contributed by atoms with Crippen LogP contribution in [0.1, 0.15) is 19.8 Å². The molecule has 0 saturated carbocycles. The number of sulfonamides is 1. The Morgan fingerprint density at radius 2 is 1.83 bits per heavy atom. The highest BCUT2D eigenvalue weighted by atomic mass is 32.2. The highest BCUT2D eigenvalue weighted by Gasteiger charge is 2.20. The molecular weight excluding hydrogens is 333 g/mol. The maximum absolute atomic E-state index is 13.4. The van der Waals surface area contributed by atoms with Crippen LogP contribution in [0, 0.1) is 5.82 Å². The lowest BCUT2D eigenvalue weighted by Gasteiger charge is -2.12. The molecule has 0 radical (unpaired) electrons. The molecule has 0 unspecified atom stereocenters. The maximum Gasteiger partial charge on any atom is 0.265 e. The lowest BCUT2D eigenvalue weighted by atomic mass is 10.3. The van der Waals surface area contributed by atoms with Gasteiger partial charge in [0, 0.05) is 5.69 Å². The van der Waals surface area contributed by atoms with Gasteiger partial charge in [-0.1, -0.05) is 13.3 Å². The third kappa shape index (κ3) is 4.61. The maximum atomic E-state index is 13.4. The SMILES string of the molecule is CCCCOc1ccc(NS(=O)(=O)c2cc(F)ccc2OC)cc1. The van der Waals surface area contributed by atoms with Crippen LogP contribution in [-0.2, 0) is 10.0 Å². The summed E-state index contributed by atoms with van der Waals surface area (Å²) in [5.41, 5.74) is 0.351. The van der Waals surface area contributed by atoms with Gasteiger partial charge in [0.15, 0.2) is 0 Å². The molecule has 0 atom stereocenters. The molecule has 0 bridgehead atoms. The Morgan fingerprint density at radius 1 is 1.12 bits per heavy atom.